The van der Waals surface area contributed by atoms with Crippen molar-refractivity contribution in [2.75, 3.05) is 0 Å². The molecule has 0 spiro atoms. The van der Waals surface area contributed by atoms with Crippen LogP contribution in [-0.4, -0.2) is 76.2 Å². The highest BCUT2D eigenvalue weighted by Crippen LogP contribution is 2.60. The highest BCUT2D eigenvalue weighted by molar-refractivity contribution is 5.73. The maximum absolute atomic E-state index is 13.6. The van der Waals surface area contributed by atoms with Crippen molar-refractivity contribution < 1.29 is 38.0 Å². The number of carbonyl (C=O) groups is 1. The molecule has 12 unspecified atom stereocenters. The minimum atomic E-state index is -0.175. The van der Waals surface area contributed by atoms with Crippen molar-refractivity contribution >= 4 is 5.97 Å². The van der Waals surface area contributed by atoms with Crippen LogP contribution in [0.25, 0.3) is 0 Å². The van der Waals surface area contributed by atoms with Crippen LogP contribution >= 0.6 is 0 Å². The highest BCUT2D eigenvalue weighted by Gasteiger charge is 2.68. The second kappa shape index (κ2) is 11.5. The largest absolute Gasteiger partial charge is 0.461 e. The van der Waals surface area contributed by atoms with Crippen molar-refractivity contribution in [1.29, 1.82) is 0 Å². The molecule has 8 rings (SSSR count). The minimum Gasteiger partial charge on any atom is -0.461 e. The summed E-state index contributed by atoms with van der Waals surface area (Å²) in [5, 5.41) is 0. The van der Waals surface area contributed by atoms with E-state index in [1.54, 1.807) is 0 Å². The van der Waals surface area contributed by atoms with E-state index < -0.39 is 0 Å². The molecular formula is C40H58O8. The smallest absolute Gasteiger partial charge is 0.309 e. The second-order valence-electron chi connectivity index (χ2n) is 18.1. The van der Waals surface area contributed by atoms with E-state index in [2.05, 4.69) is 48.5 Å². The summed E-state index contributed by atoms with van der Waals surface area (Å²) in [7, 11) is 0. The van der Waals surface area contributed by atoms with Gasteiger partial charge in [0.15, 0.2) is 0 Å². The Morgan fingerprint density at radius 2 is 1.17 bits per heavy atom. The molecule has 6 saturated heterocycles. The molecule has 0 N–H and O–H groups in total. The van der Waals surface area contributed by atoms with Crippen molar-refractivity contribution in [2.45, 2.75) is 196 Å². The van der Waals surface area contributed by atoms with Crippen LogP contribution in [0.5, 0.6) is 0 Å². The van der Waals surface area contributed by atoms with Gasteiger partial charge in [0, 0.05) is 5.92 Å². The predicted molar refractivity (Wildman–Crippen MR) is 179 cm³/mol. The van der Waals surface area contributed by atoms with Gasteiger partial charge in [-0.15, -0.1) is 0 Å². The van der Waals surface area contributed by atoms with Crippen LogP contribution in [-0.2, 0) is 44.6 Å². The van der Waals surface area contributed by atoms with Crippen LogP contribution in [0.2, 0.25) is 0 Å². The number of rotatable bonds is 17. The van der Waals surface area contributed by atoms with Gasteiger partial charge in [-0.1, -0.05) is 30.3 Å². The first-order valence-corrected chi connectivity index (χ1v) is 18.9. The van der Waals surface area contributed by atoms with Crippen molar-refractivity contribution in [3.05, 3.63) is 35.9 Å². The van der Waals surface area contributed by atoms with Gasteiger partial charge in [0.2, 0.25) is 0 Å². The molecule has 0 radical (unpaired) electrons. The summed E-state index contributed by atoms with van der Waals surface area (Å²) in [4.78, 5) is 13.6. The molecule has 7 aliphatic rings. The van der Waals surface area contributed by atoms with Crippen LogP contribution < -0.4 is 0 Å². The van der Waals surface area contributed by atoms with E-state index in [4.69, 9.17) is 33.2 Å². The number of hydrogen-bond donors (Lipinski definition) is 0. The fourth-order valence-corrected chi connectivity index (χ4v) is 9.38. The van der Waals surface area contributed by atoms with E-state index in [0.29, 0.717) is 18.8 Å². The van der Waals surface area contributed by atoms with Gasteiger partial charge in [-0.25, -0.2) is 0 Å². The Morgan fingerprint density at radius 1 is 0.667 bits per heavy atom. The molecule has 0 amide bonds. The average molecular weight is 667 g/mol. The fourth-order valence-electron chi connectivity index (χ4n) is 9.38. The summed E-state index contributed by atoms with van der Waals surface area (Å²) in [6.07, 6.45) is 12.2. The van der Waals surface area contributed by atoms with E-state index in [1.807, 2.05) is 30.3 Å². The van der Waals surface area contributed by atoms with Crippen LogP contribution in [0.3, 0.4) is 0 Å². The lowest BCUT2D eigenvalue weighted by Crippen LogP contribution is -2.39. The molecular weight excluding hydrogens is 608 g/mol. The number of carbonyl (C=O) groups excluding carboxylic acids is 1. The molecule has 1 aromatic carbocycles. The van der Waals surface area contributed by atoms with Gasteiger partial charge in [-0.2, -0.15) is 0 Å². The molecule has 0 aromatic heterocycles. The molecule has 6 heterocycles. The van der Waals surface area contributed by atoms with E-state index in [9.17, 15) is 4.79 Å². The predicted octanol–water partition coefficient (Wildman–Crippen LogP) is 7.23. The number of esters is 1. The molecule has 8 heteroatoms. The summed E-state index contributed by atoms with van der Waals surface area (Å²) in [6, 6.07) is 9.96. The number of epoxide rings is 6. The van der Waals surface area contributed by atoms with E-state index >= 15 is 0 Å². The van der Waals surface area contributed by atoms with Crippen molar-refractivity contribution in [2.24, 2.45) is 11.8 Å². The normalized spacial score (nSPS) is 46.7. The van der Waals surface area contributed by atoms with Crippen molar-refractivity contribution in [3.8, 4) is 0 Å². The Bertz CT molecular complexity index is 1380. The SMILES string of the molecule is CC1(C)OC1CCC1(C)OC1CCC1(C)OC1CC1C(C(=O)OCc2ccccc2)CCC2(CCC3OC3(C)CCC3OC3(C)C)OC12. The molecule has 12 atom stereocenters. The van der Waals surface area contributed by atoms with E-state index in [-0.39, 0.29) is 75.8 Å². The van der Waals surface area contributed by atoms with Crippen LogP contribution in [0.15, 0.2) is 30.3 Å². The van der Waals surface area contributed by atoms with Crippen molar-refractivity contribution in [3.63, 3.8) is 0 Å². The minimum absolute atomic E-state index is 0.0291. The van der Waals surface area contributed by atoms with Crippen molar-refractivity contribution in [1.82, 2.24) is 0 Å². The van der Waals surface area contributed by atoms with E-state index in [0.717, 1.165) is 76.2 Å². The first-order chi connectivity index (χ1) is 22.6. The van der Waals surface area contributed by atoms with Gasteiger partial charge >= 0.3 is 5.97 Å². The second-order valence-corrected chi connectivity index (χ2v) is 18.1. The zero-order valence-electron chi connectivity index (χ0n) is 30.3. The standard InChI is InChI=1S/C40H58O8/c1-35(2)28(43-35)14-18-37(5)30(45-37)16-20-39(7)32(47-39)23-27-26(34(41)42-24-25-11-9-8-10-12-25)13-21-40(33(27)48-40)22-17-31-38(6,46-31)19-15-29-36(3,4)44-29/h8-12,26-33H,13-24H2,1-7H3. The van der Waals surface area contributed by atoms with E-state index in [1.165, 1.54) is 0 Å². The summed E-state index contributed by atoms with van der Waals surface area (Å²) >= 11 is 0. The number of fused-ring (bicyclic) bond motifs is 1. The Morgan fingerprint density at radius 3 is 1.73 bits per heavy atom. The Balaban J connectivity index is 0.851. The third kappa shape index (κ3) is 6.76. The summed E-state index contributed by atoms with van der Waals surface area (Å²) in [5.41, 5.74) is 0.669. The third-order valence-corrected chi connectivity index (χ3v) is 13.6. The molecule has 48 heavy (non-hydrogen) atoms. The van der Waals surface area contributed by atoms with Crippen LogP contribution in [0.4, 0.5) is 0 Å². The monoisotopic (exact) mass is 666 g/mol. The lowest BCUT2D eigenvalue weighted by Gasteiger charge is -2.31. The van der Waals surface area contributed by atoms with Gasteiger partial charge in [0.1, 0.15) is 6.61 Å². The van der Waals surface area contributed by atoms with Gasteiger partial charge in [0.05, 0.1) is 76.1 Å². The fraction of sp³-hybridized carbons (Fsp3) is 0.825. The molecule has 0 bridgehead atoms. The number of benzene rings is 1. The first kappa shape index (κ1) is 33.6. The molecule has 7 fully saturated rings. The highest BCUT2D eigenvalue weighted by atomic mass is 16.6. The Labute approximate surface area is 287 Å². The van der Waals surface area contributed by atoms with Gasteiger partial charge in [-0.05, 0) is 125 Å². The molecule has 266 valence electrons. The topological polar surface area (TPSA) is 101 Å². The quantitative estimate of drug-likeness (QED) is 0.127. The lowest BCUT2D eigenvalue weighted by molar-refractivity contribution is -0.153. The summed E-state index contributed by atoms with van der Waals surface area (Å²) < 4.78 is 43.0. The van der Waals surface area contributed by atoms with Gasteiger partial charge in [0.25, 0.3) is 0 Å². The first-order valence-electron chi connectivity index (χ1n) is 18.9. The third-order valence-electron chi connectivity index (χ3n) is 13.6. The molecule has 1 aromatic rings. The number of ether oxygens (including phenoxy) is 7. The van der Waals surface area contributed by atoms with Crippen LogP contribution in [0, 0.1) is 11.8 Å². The summed E-state index contributed by atoms with van der Waals surface area (Å²) in [6.45, 7) is 15.7. The average Bonchev–Trinajstić information content (AvgIpc) is 3.77. The maximum Gasteiger partial charge on any atom is 0.309 e. The lowest BCUT2D eigenvalue weighted by atomic mass is 9.70. The molecule has 1 saturated carbocycles. The number of hydrogen-bond acceptors (Lipinski definition) is 8. The zero-order chi connectivity index (χ0) is 33.7. The molecule has 8 nitrogen and oxygen atoms in total. The zero-order valence-corrected chi connectivity index (χ0v) is 30.3. The summed E-state index contributed by atoms with van der Waals surface area (Å²) in [5.74, 6) is -0.168. The van der Waals surface area contributed by atoms with Gasteiger partial charge < -0.3 is 33.2 Å². The van der Waals surface area contributed by atoms with Gasteiger partial charge in [-0.3, -0.25) is 4.79 Å². The Kier molecular flexibility index (Phi) is 8.03. The van der Waals surface area contributed by atoms with Crippen LogP contribution in [0.1, 0.15) is 125 Å². The maximum atomic E-state index is 13.6. The Hall–Kier alpha value is -1.55. The molecule has 1 aliphatic carbocycles. The molecule has 6 aliphatic heterocycles.